The molecule has 2 aromatic heterocycles. The van der Waals surface area contributed by atoms with Gasteiger partial charge in [-0.25, -0.2) is 9.50 Å². The Hall–Kier alpha value is -2.89. The standard InChI is InChI=1S/C14H12N4O2/c1-20-12-10(13(15)19)7-11(9-5-3-2-4-6-9)18-14(12)16-8-17-18/h2-8H,1H3,(H2,15,19). The van der Waals surface area contributed by atoms with Crippen LogP contribution in [0.15, 0.2) is 42.7 Å². The Bertz CT molecular complexity index is 780. The second-order valence-electron chi connectivity index (χ2n) is 4.20. The van der Waals surface area contributed by atoms with E-state index in [0.717, 1.165) is 11.3 Å². The summed E-state index contributed by atoms with van der Waals surface area (Å²) in [6.07, 6.45) is 1.41. The van der Waals surface area contributed by atoms with Crippen LogP contribution in [0.3, 0.4) is 0 Å². The van der Waals surface area contributed by atoms with Gasteiger partial charge in [0, 0.05) is 5.56 Å². The fourth-order valence-corrected chi connectivity index (χ4v) is 2.16. The van der Waals surface area contributed by atoms with Crippen LogP contribution in [0.25, 0.3) is 16.9 Å². The molecule has 0 bridgehead atoms. The zero-order chi connectivity index (χ0) is 14.1. The number of pyridine rings is 1. The van der Waals surface area contributed by atoms with E-state index >= 15 is 0 Å². The van der Waals surface area contributed by atoms with Gasteiger partial charge in [0.15, 0.2) is 11.4 Å². The van der Waals surface area contributed by atoms with E-state index < -0.39 is 5.91 Å². The average Bonchev–Trinajstić information content (AvgIpc) is 2.95. The van der Waals surface area contributed by atoms with E-state index in [1.807, 2.05) is 30.3 Å². The van der Waals surface area contributed by atoms with Crippen molar-refractivity contribution < 1.29 is 9.53 Å². The van der Waals surface area contributed by atoms with E-state index in [-0.39, 0.29) is 5.56 Å². The van der Waals surface area contributed by atoms with Crippen molar-refractivity contribution >= 4 is 11.6 Å². The van der Waals surface area contributed by atoms with Crippen molar-refractivity contribution in [3.63, 3.8) is 0 Å². The molecule has 2 heterocycles. The van der Waals surface area contributed by atoms with Crippen molar-refractivity contribution in [2.24, 2.45) is 5.73 Å². The van der Waals surface area contributed by atoms with Crippen LogP contribution in [-0.2, 0) is 0 Å². The number of ether oxygens (including phenoxy) is 1. The zero-order valence-corrected chi connectivity index (χ0v) is 10.8. The molecule has 0 saturated carbocycles. The van der Waals surface area contributed by atoms with Gasteiger partial charge >= 0.3 is 0 Å². The summed E-state index contributed by atoms with van der Waals surface area (Å²) < 4.78 is 6.87. The van der Waals surface area contributed by atoms with Crippen LogP contribution in [-0.4, -0.2) is 27.6 Å². The topological polar surface area (TPSA) is 82.5 Å². The molecular formula is C14H12N4O2. The molecule has 0 fully saturated rings. The van der Waals surface area contributed by atoms with Crippen LogP contribution in [0.2, 0.25) is 0 Å². The first-order valence-electron chi connectivity index (χ1n) is 5.98. The summed E-state index contributed by atoms with van der Waals surface area (Å²) in [5.41, 5.74) is 7.81. The molecular weight excluding hydrogens is 256 g/mol. The molecule has 0 aliphatic heterocycles. The quantitative estimate of drug-likeness (QED) is 0.780. The Labute approximate surface area is 114 Å². The van der Waals surface area contributed by atoms with E-state index in [1.54, 1.807) is 10.6 Å². The van der Waals surface area contributed by atoms with E-state index in [9.17, 15) is 4.79 Å². The van der Waals surface area contributed by atoms with Gasteiger partial charge in [0.1, 0.15) is 6.33 Å². The monoisotopic (exact) mass is 268 g/mol. The van der Waals surface area contributed by atoms with Gasteiger partial charge in [0.25, 0.3) is 5.91 Å². The zero-order valence-electron chi connectivity index (χ0n) is 10.8. The summed E-state index contributed by atoms with van der Waals surface area (Å²) in [5.74, 6) is -0.237. The normalized spacial score (nSPS) is 10.7. The van der Waals surface area contributed by atoms with Gasteiger partial charge in [-0.3, -0.25) is 4.79 Å². The molecule has 20 heavy (non-hydrogen) atoms. The molecule has 0 spiro atoms. The second kappa shape index (κ2) is 4.65. The van der Waals surface area contributed by atoms with Crippen LogP contribution in [0.5, 0.6) is 5.75 Å². The Morgan fingerprint density at radius 1 is 1.30 bits per heavy atom. The lowest BCUT2D eigenvalue weighted by Crippen LogP contribution is -2.14. The largest absolute Gasteiger partial charge is 0.492 e. The number of hydrogen-bond donors (Lipinski definition) is 1. The van der Waals surface area contributed by atoms with Crippen molar-refractivity contribution in [1.29, 1.82) is 0 Å². The lowest BCUT2D eigenvalue weighted by Gasteiger charge is -2.11. The molecule has 3 rings (SSSR count). The summed E-state index contributed by atoms with van der Waals surface area (Å²) in [6, 6.07) is 11.2. The minimum atomic E-state index is -0.565. The molecule has 6 heteroatoms. The predicted molar refractivity (Wildman–Crippen MR) is 73.5 cm³/mol. The predicted octanol–water partition coefficient (Wildman–Crippen LogP) is 1.50. The Morgan fingerprint density at radius 3 is 2.70 bits per heavy atom. The molecule has 0 atom stereocenters. The van der Waals surface area contributed by atoms with Gasteiger partial charge in [-0.2, -0.15) is 5.10 Å². The smallest absolute Gasteiger partial charge is 0.252 e. The first kappa shape index (κ1) is 12.2. The molecule has 0 unspecified atom stereocenters. The minimum Gasteiger partial charge on any atom is -0.492 e. The van der Waals surface area contributed by atoms with Crippen LogP contribution in [0.4, 0.5) is 0 Å². The Kier molecular flexibility index (Phi) is 2.83. The number of nitrogens with zero attached hydrogens (tertiary/aromatic N) is 3. The summed E-state index contributed by atoms with van der Waals surface area (Å²) >= 11 is 0. The highest BCUT2D eigenvalue weighted by Gasteiger charge is 2.19. The van der Waals surface area contributed by atoms with Gasteiger partial charge in [0.2, 0.25) is 0 Å². The third-order valence-corrected chi connectivity index (χ3v) is 3.04. The van der Waals surface area contributed by atoms with Crippen molar-refractivity contribution in [3.05, 3.63) is 48.3 Å². The number of methoxy groups -OCH3 is 1. The number of carbonyl (C=O) groups is 1. The number of carbonyl (C=O) groups excluding carboxylic acids is 1. The van der Waals surface area contributed by atoms with Gasteiger partial charge in [-0.1, -0.05) is 30.3 Å². The molecule has 0 radical (unpaired) electrons. The van der Waals surface area contributed by atoms with E-state index in [1.165, 1.54) is 13.4 Å². The molecule has 1 aromatic carbocycles. The second-order valence-corrected chi connectivity index (χ2v) is 4.20. The summed E-state index contributed by atoms with van der Waals surface area (Å²) in [7, 11) is 1.47. The summed E-state index contributed by atoms with van der Waals surface area (Å²) in [6.45, 7) is 0. The van der Waals surface area contributed by atoms with Gasteiger partial charge < -0.3 is 10.5 Å². The van der Waals surface area contributed by atoms with Crippen molar-refractivity contribution in [2.45, 2.75) is 0 Å². The lowest BCUT2D eigenvalue weighted by atomic mass is 10.1. The van der Waals surface area contributed by atoms with E-state index in [0.29, 0.717) is 11.4 Å². The molecule has 3 aromatic rings. The number of amides is 1. The Morgan fingerprint density at radius 2 is 2.05 bits per heavy atom. The molecule has 1 amide bonds. The number of aromatic nitrogens is 3. The average molecular weight is 268 g/mol. The third kappa shape index (κ3) is 1.78. The number of nitrogens with two attached hydrogens (primary N) is 1. The maximum absolute atomic E-state index is 11.6. The van der Waals surface area contributed by atoms with Crippen molar-refractivity contribution in [3.8, 4) is 17.0 Å². The van der Waals surface area contributed by atoms with Crippen molar-refractivity contribution in [2.75, 3.05) is 7.11 Å². The highest BCUT2D eigenvalue weighted by atomic mass is 16.5. The van der Waals surface area contributed by atoms with Crippen LogP contribution in [0, 0.1) is 0 Å². The Balaban J connectivity index is 2.38. The van der Waals surface area contributed by atoms with E-state index in [2.05, 4.69) is 10.1 Å². The number of hydrogen-bond acceptors (Lipinski definition) is 4. The first-order valence-corrected chi connectivity index (χ1v) is 5.98. The van der Waals surface area contributed by atoms with Crippen LogP contribution in [0.1, 0.15) is 10.4 Å². The molecule has 6 nitrogen and oxygen atoms in total. The third-order valence-electron chi connectivity index (χ3n) is 3.04. The van der Waals surface area contributed by atoms with Gasteiger partial charge in [0.05, 0.1) is 18.4 Å². The molecule has 2 N–H and O–H groups in total. The summed E-state index contributed by atoms with van der Waals surface area (Å²) in [5, 5.41) is 4.18. The molecule has 0 aliphatic carbocycles. The lowest BCUT2D eigenvalue weighted by molar-refractivity contribution is 0.0997. The summed E-state index contributed by atoms with van der Waals surface area (Å²) in [4.78, 5) is 15.8. The number of fused-ring (bicyclic) bond motifs is 1. The molecule has 0 saturated heterocycles. The number of benzene rings is 1. The maximum Gasteiger partial charge on any atom is 0.252 e. The highest BCUT2D eigenvalue weighted by Crippen LogP contribution is 2.29. The van der Waals surface area contributed by atoms with Crippen molar-refractivity contribution in [1.82, 2.24) is 14.6 Å². The van der Waals surface area contributed by atoms with Gasteiger partial charge in [-0.05, 0) is 6.07 Å². The fraction of sp³-hybridized carbons (Fsp3) is 0.0714. The van der Waals surface area contributed by atoms with Crippen LogP contribution >= 0.6 is 0 Å². The fourth-order valence-electron chi connectivity index (χ4n) is 2.16. The minimum absolute atomic E-state index is 0.284. The SMILES string of the molecule is COc1c(C(N)=O)cc(-c2ccccc2)n2ncnc12. The van der Waals surface area contributed by atoms with Gasteiger partial charge in [-0.15, -0.1) is 0 Å². The maximum atomic E-state index is 11.6. The molecule has 100 valence electrons. The van der Waals surface area contributed by atoms with Crippen LogP contribution < -0.4 is 10.5 Å². The highest BCUT2D eigenvalue weighted by molar-refractivity contribution is 5.99. The first-order chi connectivity index (χ1) is 9.72. The molecule has 0 aliphatic rings. The van der Waals surface area contributed by atoms with E-state index in [4.69, 9.17) is 10.5 Å². The number of rotatable bonds is 3. The number of primary amides is 1.